The average molecular weight is 460 g/mol. The van der Waals surface area contributed by atoms with Crippen LogP contribution in [0.1, 0.15) is 27.7 Å². The molecule has 0 radical (unpaired) electrons. The maximum atomic E-state index is 13.1. The number of benzene rings is 3. The van der Waals surface area contributed by atoms with Crippen molar-refractivity contribution in [1.82, 2.24) is 9.80 Å². The molecule has 1 aliphatic heterocycles. The minimum atomic E-state index is -0.156. The molecule has 1 atom stereocenters. The number of rotatable bonds is 5. The van der Waals surface area contributed by atoms with Crippen molar-refractivity contribution in [3.05, 3.63) is 101 Å². The van der Waals surface area contributed by atoms with Crippen LogP contribution in [-0.2, 0) is 0 Å². The van der Waals surface area contributed by atoms with Crippen molar-refractivity contribution in [3.8, 4) is 0 Å². The third-order valence-corrected chi connectivity index (χ3v) is 6.49. The first kappa shape index (κ1) is 21.7. The lowest BCUT2D eigenvalue weighted by Crippen LogP contribution is -2.46. The zero-order valence-corrected chi connectivity index (χ0v) is 19.3. The van der Waals surface area contributed by atoms with Gasteiger partial charge < -0.3 is 14.6 Å². The number of piperazine rings is 1. The Morgan fingerprint density at radius 1 is 0.909 bits per heavy atom. The number of hydrogen-bond acceptors (Lipinski definition) is 4. The van der Waals surface area contributed by atoms with Gasteiger partial charge in [-0.2, -0.15) is 0 Å². The van der Waals surface area contributed by atoms with Gasteiger partial charge in [0.25, 0.3) is 5.91 Å². The number of fused-ring (bicyclic) bond motifs is 1. The summed E-state index contributed by atoms with van der Waals surface area (Å²) in [4.78, 5) is 17.9. The lowest BCUT2D eigenvalue weighted by Gasteiger charge is -2.37. The van der Waals surface area contributed by atoms with Crippen LogP contribution in [0.15, 0.2) is 83.3 Å². The molecule has 0 unspecified atom stereocenters. The molecule has 1 fully saturated rings. The summed E-state index contributed by atoms with van der Waals surface area (Å²) in [6, 6.07) is 24.9. The van der Waals surface area contributed by atoms with E-state index < -0.39 is 0 Å². The summed E-state index contributed by atoms with van der Waals surface area (Å²) >= 11 is 6.20. The van der Waals surface area contributed by atoms with Crippen LogP contribution in [0.5, 0.6) is 0 Å². The van der Waals surface area contributed by atoms with E-state index in [9.17, 15) is 4.79 Å². The first-order valence-electron chi connectivity index (χ1n) is 11.2. The molecule has 1 aliphatic rings. The fraction of sp³-hybridized carbons (Fsp3) is 0.222. The number of para-hydroxylation sites is 1. The van der Waals surface area contributed by atoms with E-state index in [-0.39, 0.29) is 11.9 Å². The number of nitrogens with zero attached hydrogens (tertiary/aromatic N) is 2. The van der Waals surface area contributed by atoms with Crippen molar-refractivity contribution in [3.63, 3.8) is 0 Å². The molecular formula is C27H26ClN3O2. The first-order valence-corrected chi connectivity index (χ1v) is 11.5. The second kappa shape index (κ2) is 9.40. The molecule has 5 rings (SSSR count). The van der Waals surface area contributed by atoms with Crippen LogP contribution >= 0.6 is 11.6 Å². The molecule has 1 amide bonds. The van der Waals surface area contributed by atoms with Gasteiger partial charge in [0.2, 0.25) is 0 Å². The van der Waals surface area contributed by atoms with E-state index in [4.69, 9.17) is 16.0 Å². The van der Waals surface area contributed by atoms with Crippen molar-refractivity contribution in [2.75, 3.05) is 38.5 Å². The summed E-state index contributed by atoms with van der Waals surface area (Å²) in [6.45, 7) is 3.73. The molecule has 5 nitrogen and oxygen atoms in total. The number of halogens is 1. The monoisotopic (exact) mass is 459 g/mol. The summed E-state index contributed by atoms with van der Waals surface area (Å²) in [5.41, 5.74) is 3.16. The van der Waals surface area contributed by atoms with E-state index in [0.29, 0.717) is 10.6 Å². The highest BCUT2D eigenvalue weighted by molar-refractivity contribution is 6.30. The molecule has 0 saturated carbocycles. The van der Waals surface area contributed by atoms with Gasteiger partial charge >= 0.3 is 0 Å². The summed E-state index contributed by atoms with van der Waals surface area (Å²) in [5, 5.41) is 4.75. The Hall–Kier alpha value is -3.12. The number of furan rings is 1. The van der Waals surface area contributed by atoms with Crippen molar-refractivity contribution < 1.29 is 9.21 Å². The van der Waals surface area contributed by atoms with Crippen LogP contribution < -0.4 is 5.32 Å². The fourth-order valence-corrected chi connectivity index (χ4v) is 4.54. The molecule has 0 bridgehead atoms. The summed E-state index contributed by atoms with van der Waals surface area (Å²) in [5.74, 6) is 0.587. The van der Waals surface area contributed by atoms with Crippen LogP contribution in [0.2, 0.25) is 5.02 Å². The maximum Gasteiger partial charge on any atom is 0.255 e. The highest BCUT2D eigenvalue weighted by atomic mass is 35.5. The predicted molar refractivity (Wildman–Crippen MR) is 133 cm³/mol. The molecule has 4 aromatic rings. The van der Waals surface area contributed by atoms with Gasteiger partial charge in [-0.1, -0.05) is 54.1 Å². The molecule has 2 heterocycles. The Balaban J connectivity index is 1.62. The summed E-state index contributed by atoms with van der Waals surface area (Å²) in [6.07, 6.45) is 0. The maximum absolute atomic E-state index is 13.1. The number of carbonyl (C=O) groups excluding carboxylic acids is 1. The quantitative estimate of drug-likeness (QED) is 0.417. The van der Waals surface area contributed by atoms with Crippen LogP contribution in [0, 0.1) is 0 Å². The molecular weight excluding hydrogens is 434 g/mol. The molecule has 168 valence electrons. The molecule has 3 aromatic carbocycles. The molecule has 1 aromatic heterocycles. The second-order valence-electron chi connectivity index (χ2n) is 8.45. The zero-order valence-electron chi connectivity index (χ0n) is 18.5. The van der Waals surface area contributed by atoms with E-state index in [0.717, 1.165) is 54.2 Å². The average Bonchev–Trinajstić information content (AvgIpc) is 3.20. The highest BCUT2D eigenvalue weighted by Crippen LogP contribution is 2.41. The van der Waals surface area contributed by atoms with Gasteiger partial charge in [0.1, 0.15) is 11.3 Å². The van der Waals surface area contributed by atoms with Crippen molar-refractivity contribution >= 4 is 34.2 Å². The predicted octanol–water partition coefficient (Wildman–Crippen LogP) is 5.68. The highest BCUT2D eigenvalue weighted by Gasteiger charge is 2.32. The Morgan fingerprint density at radius 2 is 1.58 bits per heavy atom. The fourth-order valence-electron chi connectivity index (χ4n) is 4.41. The van der Waals surface area contributed by atoms with Crippen LogP contribution in [0.3, 0.4) is 0 Å². The minimum absolute atomic E-state index is 0.144. The Labute approximate surface area is 198 Å². The number of anilines is 1. The Kier molecular flexibility index (Phi) is 6.18. The van der Waals surface area contributed by atoms with Crippen molar-refractivity contribution in [1.29, 1.82) is 0 Å². The van der Waals surface area contributed by atoms with Crippen molar-refractivity contribution in [2.24, 2.45) is 0 Å². The number of hydrogen-bond donors (Lipinski definition) is 1. The van der Waals surface area contributed by atoms with Crippen LogP contribution in [0.4, 0.5) is 5.69 Å². The number of amides is 1. The zero-order chi connectivity index (χ0) is 22.8. The smallest absolute Gasteiger partial charge is 0.255 e. The van der Waals surface area contributed by atoms with Gasteiger partial charge in [0.05, 0.1) is 11.7 Å². The topological polar surface area (TPSA) is 48.7 Å². The molecule has 0 aliphatic carbocycles. The third-order valence-electron chi connectivity index (χ3n) is 6.23. The lowest BCUT2D eigenvalue weighted by molar-refractivity contribution is 0.102. The van der Waals surface area contributed by atoms with Crippen molar-refractivity contribution in [2.45, 2.75) is 6.04 Å². The third kappa shape index (κ3) is 4.53. The van der Waals surface area contributed by atoms with Crippen LogP contribution in [0.25, 0.3) is 11.0 Å². The SMILES string of the molecule is CN1CCN([C@@H](c2ccc(Cl)cc2)c2oc3ccccc3c2NC(=O)c2ccccc2)CC1. The Morgan fingerprint density at radius 3 is 2.30 bits per heavy atom. The van der Waals surface area contributed by atoms with Gasteiger partial charge in [-0.15, -0.1) is 0 Å². The molecule has 0 spiro atoms. The van der Waals surface area contributed by atoms with Gasteiger partial charge in [-0.25, -0.2) is 0 Å². The van der Waals surface area contributed by atoms with E-state index in [1.807, 2.05) is 78.9 Å². The number of nitrogens with one attached hydrogen (secondary N) is 1. The minimum Gasteiger partial charge on any atom is -0.457 e. The standard InChI is InChI=1S/C27H26ClN3O2/c1-30-15-17-31(18-16-30)25(19-11-13-21(28)14-12-19)26-24(22-9-5-6-10-23(22)33-26)29-27(32)20-7-3-2-4-8-20/h2-14,25H,15-18H2,1H3,(H,29,32)/t25-/m0/s1. The number of carbonyl (C=O) groups is 1. The largest absolute Gasteiger partial charge is 0.457 e. The van der Waals surface area contributed by atoms with Crippen LogP contribution in [-0.4, -0.2) is 48.9 Å². The van der Waals surface area contributed by atoms with E-state index in [1.54, 1.807) is 0 Å². The molecule has 6 heteroatoms. The number of likely N-dealkylation sites (N-methyl/N-ethyl adjacent to an activating group) is 1. The van der Waals surface area contributed by atoms with Gasteiger partial charge in [-0.3, -0.25) is 9.69 Å². The molecule has 33 heavy (non-hydrogen) atoms. The summed E-state index contributed by atoms with van der Waals surface area (Å²) < 4.78 is 6.46. The summed E-state index contributed by atoms with van der Waals surface area (Å²) in [7, 11) is 2.14. The normalized spacial score (nSPS) is 16.1. The first-order chi connectivity index (χ1) is 16.1. The van der Waals surface area contributed by atoms with E-state index in [2.05, 4.69) is 22.2 Å². The lowest BCUT2D eigenvalue weighted by atomic mass is 10.00. The van der Waals surface area contributed by atoms with Gasteiger partial charge in [0.15, 0.2) is 0 Å². The van der Waals surface area contributed by atoms with Gasteiger partial charge in [-0.05, 0) is 49.0 Å². The Bertz CT molecular complexity index is 1250. The van der Waals surface area contributed by atoms with E-state index in [1.165, 1.54) is 0 Å². The van der Waals surface area contributed by atoms with Gasteiger partial charge in [0, 0.05) is 42.2 Å². The molecule has 1 saturated heterocycles. The molecule has 1 N–H and O–H groups in total. The second-order valence-corrected chi connectivity index (χ2v) is 8.89. The van der Waals surface area contributed by atoms with E-state index >= 15 is 0 Å².